The van der Waals surface area contributed by atoms with Gasteiger partial charge in [-0.3, -0.25) is 14.5 Å². The highest BCUT2D eigenvalue weighted by Crippen LogP contribution is 2.36. The van der Waals surface area contributed by atoms with E-state index >= 15 is 0 Å². The number of ether oxygens (including phenoxy) is 2. The standard InChI is InChI=1S/C20H17FN2O5/c1-20(12-6-7-16-17(10-12)28-9-8-27-16)18(25)23(19(26)22-20)11-15(24)13-4-2-3-5-14(13)21/h2-7,10H,8-9,11H2,1H3,(H,22,26)/t20-/m1/s1. The molecular formula is C20H17FN2O5. The van der Waals surface area contributed by atoms with Crippen molar-refractivity contribution in [2.24, 2.45) is 0 Å². The molecule has 0 bridgehead atoms. The van der Waals surface area contributed by atoms with Crippen LogP contribution in [0.15, 0.2) is 42.5 Å². The summed E-state index contributed by atoms with van der Waals surface area (Å²) < 4.78 is 24.8. The van der Waals surface area contributed by atoms with Gasteiger partial charge in [0.1, 0.15) is 24.6 Å². The van der Waals surface area contributed by atoms with Gasteiger partial charge in [0.2, 0.25) is 0 Å². The van der Waals surface area contributed by atoms with Crippen molar-refractivity contribution >= 4 is 17.7 Å². The van der Waals surface area contributed by atoms with Crippen molar-refractivity contribution in [3.05, 3.63) is 59.4 Å². The zero-order valence-electron chi connectivity index (χ0n) is 15.0. The number of carbonyl (C=O) groups excluding carboxylic acids is 3. The SMILES string of the molecule is C[C@]1(c2ccc3c(c2)OCCO3)NC(=O)N(CC(=O)c2ccccc2F)C1=O. The fourth-order valence-corrected chi connectivity index (χ4v) is 3.31. The van der Waals surface area contributed by atoms with E-state index in [4.69, 9.17) is 9.47 Å². The molecule has 144 valence electrons. The molecule has 2 aromatic carbocycles. The Bertz CT molecular complexity index is 992. The summed E-state index contributed by atoms with van der Waals surface area (Å²) in [5, 5.41) is 2.62. The number of hydrogen-bond acceptors (Lipinski definition) is 5. The molecule has 3 amide bonds. The van der Waals surface area contributed by atoms with Crippen molar-refractivity contribution in [1.29, 1.82) is 0 Å². The molecule has 4 rings (SSSR count). The molecular weight excluding hydrogens is 367 g/mol. The second kappa shape index (κ2) is 6.63. The number of nitrogens with one attached hydrogen (secondary N) is 1. The van der Waals surface area contributed by atoms with E-state index in [1.54, 1.807) is 25.1 Å². The highest BCUT2D eigenvalue weighted by atomic mass is 19.1. The predicted octanol–water partition coefficient (Wildman–Crippen LogP) is 2.25. The van der Waals surface area contributed by atoms with E-state index in [0.717, 1.165) is 11.0 Å². The summed E-state index contributed by atoms with van der Waals surface area (Å²) in [4.78, 5) is 38.6. The second-order valence-electron chi connectivity index (χ2n) is 6.71. The number of carbonyl (C=O) groups is 3. The molecule has 7 nitrogen and oxygen atoms in total. The number of imide groups is 1. The number of Topliss-reactive ketones (excluding diaryl/α,β-unsaturated/α-hetero) is 1. The van der Waals surface area contributed by atoms with Crippen LogP contribution >= 0.6 is 0 Å². The lowest BCUT2D eigenvalue weighted by molar-refractivity contribution is -0.130. The predicted molar refractivity (Wildman–Crippen MR) is 95.8 cm³/mol. The lowest BCUT2D eigenvalue weighted by atomic mass is 9.91. The largest absolute Gasteiger partial charge is 0.486 e. The van der Waals surface area contributed by atoms with Crippen LogP contribution in [0.1, 0.15) is 22.8 Å². The maximum Gasteiger partial charge on any atom is 0.325 e. The number of nitrogens with zero attached hydrogens (tertiary/aromatic N) is 1. The summed E-state index contributed by atoms with van der Waals surface area (Å²) in [5.74, 6) is -0.920. The fourth-order valence-electron chi connectivity index (χ4n) is 3.31. The van der Waals surface area contributed by atoms with Crippen LogP contribution in [-0.4, -0.2) is 42.4 Å². The molecule has 0 radical (unpaired) electrons. The van der Waals surface area contributed by atoms with Crippen LogP contribution in [0.5, 0.6) is 11.5 Å². The molecule has 0 saturated carbocycles. The van der Waals surface area contributed by atoms with Gasteiger partial charge in [-0.25, -0.2) is 9.18 Å². The van der Waals surface area contributed by atoms with Crippen molar-refractivity contribution in [2.75, 3.05) is 19.8 Å². The van der Waals surface area contributed by atoms with Gasteiger partial charge in [-0.2, -0.15) is 0 Å². The summed E-state index contributed by atoms with van der Waals surface area (Å²) in [6.07, 6.45) is 0. The van der Waals surface area contributed by atoms with Crippen LogP contribution in [-0.2, 0) is 10.3 Å². The Morgan fingerprint density at radius 1 is 1.14 bits per heavy atom. The van der Waals surface area contributed by atoms with Gasteiger partial charge in [0.15, 0.2) is 17.3 Å². The first-order chi connectivity index (χ1) is 13.4. The number of rotatable bonds is 4. The van der Waals surface area contributed by atoms with E-state index in [-0.39, 0.29) is 5.56 Å². The maximum absolute atomic E-state index is 13.8. The molecule has 2 aromatic rings. The lowest BCUT2D eigenvalue weighted by Gasteiger charge is -2.25. The van der Waals surface area contributed by atoms with E-state index in [2.05, 4.69) is 5.32 Å². The van der Waals surface area contributed by atoms with Gasteiger partial charge in [0.05, 0.1) is 12.1 Å². The molecule has 0 aliphatic carbocycles. The Morgan fingerprint density at radius 2 is 1.86 bits per heavy atom. The minimum absolute atomic E-state index is 0.170. The average molecular weight is 384 g/mol. The smallest absolute Gasteiger partial charge is 0.325 e. The summed E-state index contributed by atoms with van der Waals surface area (Å²) in [6, 6.07) is 9.69. The Labute approximate surface area is 160 Å². The molecule has 0 unspecified atom stereocenters. The van der Waals surface area contributed by atoms with E-state index in [9.17, 15) is 18.8 Å². The topological polar surface area (TPSA) is 84.9 Å². The van der Waals surface area contributed by atoms with Crippen molar-refractivity contribution < 1.29 is 28.2 Å². The van der Waals surface area contributed by atoms with Gasteiger partial charge < -0.3 is 14.8 Å². The number of ketones is 1. The number of urea groups is 1. The Morgan fingerprint density at radius 3 is 2.61 bits per heavy atom. The first kappa shape index (κ1) is 18.0. The van der Waals surface area contributed by atoms with Gasteiger partial charge in [-0.15, -0.1) is 0 Å². The van der Waals surface area contributed by atoms with E-state index < -0.39 is 35.6 Å². The van der Waals surface area contributed by atoms with Gasteiger partial charge in [0, 0.05) is 0 Å². The van der Waals surface area contributed by atoms with Crippen molar-refractivity contribution in [1.82, 2.24) is 10.2 Å². The highest BCUT2D eigenvalue weighted by Gasteiger charge is 2.49. The number of halogens is 1. The summed E-state index contributed by atoms with van der Waals surface area (Å²) in [7, 11) is 0. The minimum Gasteiger partial charge on any atom is -0.486 e. The molecule has 1 atom stereocenters. The van der Waals surface area contributed by atoms with Crippen LogP contribution in [0.3, 0.4) is 0 Å². The van der Waals surface area contributed by atoms with Crippen molar-refractivity contribution in [3.8, 4) is 11.5 Å². The molecule has 0 aromatic heterocycles. The Kier molecular flexibility index (Phi) is 4.26. The van der Waals surface area contributed by atoms with Crippen LogP contribution < -0.4 is 14.8 Å². The molecule has 1 saturated heterocycles. The fraction of sp³-hybridized carbons (Fsp3) is 0.250. The summed E-state index contributed by atoms with van der Waals surface area (Å²) in [5.41, 5.74) is -1.05. The first-order valence-electron chi connectivity index (χ1n) is 8.72. The molecule has 2 heterocycles. The quantitative estimate of drug-likeness (QED) is 0.646. The number of fused-ring (bicyclic) bond motifs is 1. The third kappa shape index (κ3) is 2.87. The summed E-state index contributed by atoms with van der Waals surface area (Å²) >= 11 is 0. The van der Waals surface area contributed by atoms with Gasteiger partial charge in [-0.1, -0.05) is 18.2 Å². The zero-order chi connectivity index (χ0) is 19.9. The number of benzene rings is 2. The molecule has 2 aliphatic rings. The average Bonchev–Trinajstić information content (AvgIpc) is 2.92. The molecule has 0 spiro atoms. The van der Waals surface area contributed by atoms with E-state index in [1.165, 1.54) is 18.2 Å². The molecule has 2 aliphatic heterocycles. The van der Waals surface area contributed by atoms with Crippen LogP contribution in [0.25, 0.3) is 0 Å². The van der Waals surface area contributed by atoms with Crippen molar-refractivity contribution in [3.63, 3.8) is 0 Å². The Balaban J connectivity index is 1.60. The minimum atomic E-state index is -1.37. The monoisotopic (exact) mass is 384 g/mol. The van der Waals surface area contributed by atoms with E-state index in [0.29, 0.717) is 30.3 Å². The molecule has 1 fully saturated rings. The van der Waals surface area contributed by atoms with E-state index in [1.807, 2.05) is 0 Å². The third-order valence-corrected chi connectivity index (χ3v) is 4.87. The highest BCUT2D eigenvalue weighted by molar-refractivity contribution is 6.11. The van der Waals surface area contributed by atoms with Crippen molar-refractivity contribution in [2.45, 2.75) is 12.5 Å². The molecule has 1 N–H and O–H groups in total. The lowest BCUT2D eigenvalue weighted by Crippen LogP contribution is -2.41. The third-order valence-electron chi connectivity index (χ3n) is 4.87. The second-order valence-corrected chi connectivity index (χ2v) is 6.71. The van der Waals surface area contributed by atoms with Gasteiger partial charge in [0.25, 0.3) is 5.91 Å². The normalized spacial score (nSPS) is 20.9. The van der Waals surface area contributed by atoms with Gasteiger partial charge in [-0.05, 0) is 36.8 Å². The van der Waals surface area contributed by atoms with Crippen LogP contribution in [0.4, 0.5) is 9.18 Å². The molecule has 8 heteroatoms. The van der Waals surface area contributed by atoms with Crippen LogP contribution in [0.2, 0.25) is 0 Å². The summed E-state index contributed by atoms with van der Waals surface area (Å²) in [6.45, 7) is 1.82. The Hall–Kier alpha value is -3.42. The maximum atomic E-state index is 13.8. The van der Waals surface area contributed by atoms with Gasteiger partial charge >= 0.3 is 6.03 Å². The molecule has 28 heavy (non-hydrogen) atoms. The zero-order valence-corrected chi connectivity index (χ0v) is 15.0. The van der Waals surface area contributed by atoms with Crippen LogP contribution in [0, 0.1) is 5.82 Å². The first-order valence-corrected chi connectivity index (χ1v) is 8.72. The number of amides is 3. The number of hydrogen-bond donors (Lipinski definition) is 1.